The average Bonchev–Trinajstić information content (AvgIpc) is 3.24. The number of fused-ring (bicyclic) bond motifs is 1. The van der Waals surface area contributed by atoms with Gasteiger partial charge in [0.2, 0.25) is 0 Å². The number of nitrogens with one attached hydrogen (secondary N) is 1. The Morgan fingerprint density at radius 3 is 2.18 bits per heavy atom. The molecule has 1 saturated heterocycles. The highest BCUT2D eigenvalue weighted by atomic mass is 35.5. The second-order valence-corrected chi connectivity index (χ2v) is 10.3. The summed E-state index contributed by atoms with van der Waals surface area (Å²) in [6.07, 6.45) is 1.67. The molecule has 0 bridgehead atoms. The number of carbonyl (C=O) groups excluding carboxylic acids is 2. The Morgan fingerprint density at radius 1 is 0.970 bits per heavy atom. The van der Waals surface area contributed by atoms with Crippen LogP contribution in [-0.4, -0.2) is 45.5 Å². The number of hydrogen-bond acceptors (Lipinski definition) is 3. The number of benzene rings is 2. The van der Waals surface area contributed by atoms with Crippen molar-refractivity contribution in [2.24, 2.45) is 0 Å². The third-order valence-electron chi connectivity index (χ3n) is 6.30. The van der Waals surface area contributed by atoms with Crippen LogP contribution in [0.1, 0.15) is 49.3 Å². The SMILES string of the molecule is CC(C)(O)C(=O)N1CCC(c2ccc(NC(=O)N3Cc4c(Cl)cc(Cl)c(Cl)c4C3)cc2)CC1. The number of piperidine rings is 1. The van der Waals surface area contributed by atoms with Crippen LogP contribution < -0.4 is 5.32 Å². The molecule has 0 atom stereocenters. The van der Waals surface area contributed by atoms with Crippen LogP contribution in [0.4, 0.5) is 10.5 Å². The number of hydrogen-bond donors (Lipinski definition) is 2. The number of anilines is 1. The molecule has 176 valence electrons. The van der Waals surface area contributed by atoms with Gasteiger partial charge in [0.1, 0.15) is 5.60 Å². The Bertz CT molecular complexity index is 1080. The molecule has 0 aromatic heterocycles. The minimum Gasteiger partial charge on any atom is -0.381 e. The van der Waals surface area contributed by atoms with Crippen molar-refractivity contribution in [2.75, 3.05) is 18.4 Å². The van der Waals surface area contributed by atoms with E-state index in [0.29, 0.717) is 52.9 Å². The number of urea groups is 1. The third kappa shape index (κ3) is 5.09. The summed E-state index contributed by atoms with van der Waals surface area (Å²) < 4.78 is 0. The molecule has 2 aromatic rings. The van der Waals surface area contributed by atoms with Gasteiger partial charge in [-0.15, -0.1) is 0 Å². The van der Waals surface area contributed by atoms with Crippen LogP contribution >= 0.6 is 34.8 Å². The molecule has 0 spiro atoms. The number of nitrogens with zero attached hydrogens (tertiary/aromatic N) is 2. The van der Waals surface area contributed by atoms with Crippen LogP contribution in [0.3, 0.4) is 0 Å². The summed E-state index contributed by atoms with van der Waals surface area (Å²) in [5, 5.41) is 14.2. The monoisotopic (exact) mass is 509 g/mol. The first-order chi connectivity index (χ1) is 15.5. The maximum atomic E-state index is 12.8. The van der Waals surface area contributed by atoms with Gasteiger partial charge in [0.15, 0.2) is 0 Å². The van der Waals surface area contributed by atoms with E-state index in [0.717, 1.165) is 24.0 Å². The highest BCUT2D eigenvalue weighted by Crippen LogP contribution is 2.39. The Hall–Kier alpha value is -1.99. The lowest BCUT2D eigenvalue weighted by atomic mass is 9.89. The molecule has 9 heteroatoms. The first-order valence-corrected chi connectivity index (χ1v) is 12.0. The fourth-order valence-electron chi connectivity index (χ4n) is 4.44. The predicted molar refractivity (Wildman–Crippen MR) is 131 cm³/mol. The topological polar surface area (TPSA) is 72.9 Å². The minimum absolute atomic E-state index is 0.229. The number of halogens is 3. The molecule has 1 fully saturated rings. The molecule has 6 nitrogen and oxygen atoms in total. The van der Waals surface area contributed by atoms with E-state index in [1.807, 2.05) is 24.3 Å². The van der Waals surface area contributed by atoms with E-state index in [4.69, 9.17) is 34.8 Å². The highest BCUT2D eigenvalue weighted by molar-refractivity contribution is 6.44. The molecular weight excluding hydrogens is 485 g/mol. The van der Waals surface area contributed by atoms with Crippen LogP contribution in [0.25, 0.3) is 0 Å². The summed E-state index contributed by atoms with van der Waals surface area (Å²) in [7, 11) is 0. The Labute approximate surface area is 208 Å². The largest absolute Gasteiger partial charge is 0.381 e. The molecule has 2 N–H and O–H groups in total. The van der Waals surface area contributed by atoms with Gasteiger partial charge in [-0.3, -0.25) is 4.79 Å². The Balaban J connectivity index is 1.34. The number of likely N-dealkylation sites (tertiary alicyclic amines) is 1. The summed E-state index contributed by atoms with van der Waals surface area (Å²) in [5.41, 5.74) is 2.14. The minimum atomic E-state index is -1.34. The zero-order valence-electron chi connectivity index (χ0n) is 18.5. The molecule has 0 aliphatic carbocycles. The van der Waals surface area contributed by atoms with Gasteiger partial charge in [0, 0.05) is 36.9 Å². The maximum absolute atomic E-state index is 12.8. The molecule has 3 amide bonds. The van der Waals surface area contributed by atoms with Crippen LogP contribution in [0.2, 0.25) is 15.1 Å². The second-order valence-electron chi connectivity index (χ2n) is 9.15. The number of aliphatic hydroxyl groups is 1. The van der Waals surface area contributed by atoms with Crippen molar-refractivity contribution < 1.29 is 14.7 Å². The van der Waals surface area contributed by atoms with Crippen molar-refractivity contribution in [2.45, 2.75) is 51.3 Å². The highest BCUT2D eigenvalue weighted by Gasteiger charge is 2.32. The second kappa shape index (κ2) is 9.34. The van der Waals surface area contributed by atoms with Crippen LogP contribution in [-0.2, 0) is 17.9 Å². The first kappa shape index (κ1) is 24.1. The van der Waals surface area contributed by atoms with Crippen molar-refractivity contribution in [1.82, 2.24) is 9.80 Å². The van der Waals surface area contributed by atoms with Gasteiger partial charge in [-0.2, -0.15) is 0 Å². The van der Waals surface area contributed by atoms with Crippen LogP contribution in [0, 0.1) is 0 Å². The zero-order chi connectivity index (χ0) is 23.9. The summed E-state index contributed by atoms with van der Waals surface area (Å²) in [5.74, 6) is 0.107. The van der Waals surface area contributed by atoms with Crippen molar-refractivity contribution in [3.63, 3.8) is 0 Å². The predicted octanol–water partition coefficient (Wildman–Crippen LogP) is 5.67. The molecule has 0 radical (unpaired) electrons. The van der Waals surface area contributed by atoms with Crippen molar-refractivity contribution >= 4 is 52.4 Å². The number of carbonyl (C=O) groups is 2. The van der Waals surface area contributed by atoms with E-state index < -0.39 is 5.60 Å². The number of rotatable bonds is 3. The van der Waals surface area contributed by atoms with Gasteiger partial charge in [0.05, 0.1) is 10.0 Å². The normalized spacial score (nSPS) is 16.7. The third-order valence-corrected chi connectivity index (χ3v) is 7.47. The first-order valence-electron chi connectivity index (χ1n) is 10.9. The lowest BCUT2D eigenvalue weighted by Crippen LogP contribution is -2.48. The molecule has 4 rings (SSSR count). The van der Waals surface area contributed by atoms with Gasteiger partial charge < -0.3 is 20.2 Å². The summed E-state index contributed by atoms with van der Waals surface area (Å²) in [6, 6.07) is 9.18. The molecule has 33 heavy (non-hydrogen) atoms. The van der Waals surface area contributed by atoms with Crippen LogP contribution in [0.15, 0.2) is 30.3 Å². The smallest absolute Gasteiger partial charge is 0.322 e. The van der Waals surface area contributed by atoms with Gasteiger partial charge in [0.25, 0.3) is 5.91 Å². The zero-order valence-corrected chi connectivity index (χ0v) is 20.8. The van der Waals surface area contributed by atoms with Gasteiger partial charge in [-0.25, -0.2) is 4.79 Å². The van der Waals surface area contributed by atoms with E-state index in [1.54, 1.807) is 15.9 Å². The lowest BCUT2D eigenvalue weighted by molar-refractivity contribution is -0.148. The van der Waals surface area contributed by atoms with Crippen molar-refractivity contribution in [3.05, 3.63) is 62.1 Å². The Morgan fingerprint density at radius 2 is 1.58 bits per heavy atom. The van der Waals surface area contributed by atoms with Crippen molar-refractivity contribution in [1.29, 1.82) is 0 Å². The van der Waals surface area contributed by atoms with Gasteiger partial charge in [-0.1, -0.05) is 46.9 Å². The molecule has 2 aliphatic rings. The van der Waals surface area contributed by atoms with E-state index in [9.17, 15) is 14.7 Å². The van der Waals surface area contributed by atoms with Crippen molar-refractivity contribution in [3.8, 4) is 0 Å². The number of amides is 3. The Kier molecular flexibility index (Phi) is 6.83. The molecular formula is C24H26Cl3N3O3. The maximum Gasteiger partial charge on any atom is 0.322 e. The van der Waals surface area contributed by atoms with E-state index in [1.165, 1.54) is 19.4 Å². The summed E-state index contributed by atoms with van der Waals surface area (Å²) >= 11 is 18.7. The van der Waals surface area contributed by atoms with Gasteiger partial charge in [-0.05, 0) is 67.5 Å². The van der Waals surface area contributed by atoms with E-state index in [-0.39, 0.29) is 11.9 Å². The molecule has 2 heterocycles. The fourth-order valence-corrected chi connectivity index (χ4v) is 5.23. The average molecular weight is 511 g/mol. The summed E-state index contributed by atoms with van der Waals surface area (Å²) in [6.45, 7) is 5.01. The van der Waals surface area contributed by atoms with Gasteiger partial charge >= 0.3 is 6.03 Å². The molecule has 2 aromatic carbocycles. The molecule has 0 saturated carbocycles. The summed E-state index contributed by atoms with van der Waals surface area (Å²) in [4.78, 5) is 28.4. The quantitative estimate of drug-likeness (QED) is 0.523. The lowest BCUT2D eigenvalue weighted by Gasteiger charge is -2.35. The standard InChI is InChI=1S/C24H26Cl3N3O3/c1-24(2,33)22(31)29-9-7-15(8-10-29)14-3-5-16(6-4-14)28-23(32)30-12-17-18(13-30)21(27)20(26)11-19(17)25/h3-6,11,15,33H,7-10,12-13H2,1-2H3,(H,28,32). The fraction of sp³-hybridized carbons (Fsp3) is 0.417. The molecule has 2 aliphatic heterocycles. The van der Waals surface area contributed by atoms with E-state index in [2.05, 4.69) is 5.32 Å². The van der Waals surface area contributed by atoms with Crippen LogP contribution in [0.5, 0.6) is 0 Å². The molecule has 0 unspecified atom stereocenters. The van der Waals surface area contributed by atoms with E-state index >= 15 is 0 Å².